The van der Waals surface area contributed by atoms with Crippen molar-refractivity contribution in [1.82, 2.24) is 15.3 Å². The number of hydrogen-bond donors (Lipinski definition) is 2. The quantitative estimate of drug-likeness (QED) is 0.688. The van der Waals surface area contributed by atoms with Crippen LogP contribution < -0.4 is 10.6 Å². The van der Waals surface area contributed by atoms with E-state index in [9.17, 15) is 4.79 Å². The molecule has 6 nitrogen and oxygen atoms in total. The van der Waals surface area contributed by atoms with E-state index in [2.05, 4.69) is 33.6 Å². The molecule has 1 amide bonds. The van der Waals surface area contributed by atoms with Crippen LogP contribution >= 0.6 is 11.3 Å². The van der Waals surface area contributed by atoms with Gasteiger partial charge in [0.05, 0.1) is 18.0 Å². The Morgan fingerprint density at radius 3 is 2.96 bits per heavy atom. The zero-order valence-electron chi connectivity index (χ0n) is 13.9. The molecule has 0 atom stereocenters. The van der Waals surface area contributed by atoms with Crippen molar-refractivity contribution in [1.29, 1.82) is 0 Å². The minimum Gasteiger partial charge on any atom is -0.379 e. The van der Waals surface area contributed by atoms with Gasteiger partial charge in [-0.1, -0.05) is 6.92 Å². The molecule has 2 N–H and O–H groups in total. The van der Waals surface area contributed by atoms with Gasteiger partial charge in [-0.15, -0.1) is 11.3 Å². The van der Waals surface area contributed by atoms with Crippen molar-refractivity contribution in [2.45, 2.75) is 39.7 Å². The van der Waals surface area contributed by atoms with E-state index >= 15 is 0 Å². The molecule has 0 aliphatic heterocycles. The van der Waals surface area contributed by atoms with Crippen molar-refractivity contribution in [3.63, 3.8) is 0 Å². The number of aromatic nitrogens is 2. The first-order valence-corrected chi connectivity index (χ1v) is 8.77. The molecular formula is C16H24N4O2S. The number of amides is 1. The summed E-state index contributed by atoms with van der Waals surface area (Å²) in [4.78, 5) is 22.6. The number of ether oxygens (including phenoxy) is 1. The number of nitrogens with one attached hydrogen (secondary N) is 2. The van der Waals surface area contributed by atoms with Gasteiger partial charge in [0, 0.05) is 18.0 Å². The summed E-state index contributed by atoms with van der Waals surface area (Å²) in [6, 6.07) is 2.09. The number of rotatable bonds is 9. The monoisotopic (exact) mass is 336 g/mol. The first-order valence-electron chi connectivity index (χ1n) is 7.95. The predicted octanol–water partition coefficient (Wildman–Crippen LogP) is 2.60. The van der Waals surface area contributed by atoms with Crippen LogP contribution in [0.25, 0.3) is 10.2 Å². The van der Waals surface area contributed by atoms with Gasteiger partial charge in [-0.25, -0.2) is 9.97 Å². The van der Waals surface area contributed by atoms with Gasteiger partial charge in [0.15, 0.2) is 0 Å². The Balaban J connectivity index is 1.79. The molecule has 0 aliphatic rings. The Morgan fingerprint density at radius 2 is 2.22 bits per heavy atom. The van der Waals surface area contributed by atoms with Gasteiger partial charge in [0.1, 0.15) is 17.0 Å². The van der Waals surface area contributed by atoms with Gasteiger partial charge in [-0.3, -0.25) is 4.79 Å². The molecule has 2 aromatic rings. The Bertz CT molecular complexity index is 642. The SMILES string of the molecule is CCc1cc2c(NCC(=O)NCCCOC(C)C)ncnc2s1. The van der Waals surface area contributed by atoms with E-state index in [1.165, 1.54) is 11.2 Å². The highest BCUT2D eigenvalue weighted by molar-refractivity contribution is 7.18. The minimum atomic E-state index is -0.0488. The fourth-order valence-electron chi connectivity index (χ4n) is 2.07. The summed E-state index contributed by atoms with van der Waals surface area (Å²) in [6.07, 6.45) is 3.54. The van der Waals surface area contributed by atoms with Crippen LogP contribution in [0.1, 0.15) is 32.1 Å². The molecule has 2 rings (SSSR count). The molecule has 0 aromatic carbocycles. The smallest absolute Gasteiger partial charge is 0.239 e. The van der Waals surface area contributed by atoms with Crippen molar-refractivity contribution < 1.29 is 9.53 Å². The summed E-state index contributed by atoms with van der Waals surface area (Å²) in [6.45, 7) is 7.59. The van der Waals surface area contributed by atoms with Crippen LogP contribution in [-0.2, 0) is 16.0 Å². The van der Waals surface area contributed by atoms with Crippen LogP contribution in [0.15, 0.2) is 12.4 Å². The molecule has 0 aliphatic carbocycles. The largest absolute Gasteiger partial charge is 0.379 e. The zero-order valence-corrected chi connectivity index (χ0v) is 14.7. The number of nitrogens with zero attached hydrogens (tertiary/aromatic N) is 2. The number of aryl methyl sites for hydroxylation is 1. The fourth-order valence-corrected chi connectivity index (χ4v) is 3.00. The fraction of sp³-hybridized carbons (Fsp3) is 0.562. The Hall–Kier alpha value is -1.73. The number of carbonyl (C=O) groups excluding carboxylic acids is 1. The molecule has 0 bridgehead atoms. The lowest BCUT2D eigenvalue weighted by molar-refractivity contribution is -0.119. The van der Waals surface area contributed by atoms with E-state index in [0.717, 1.165) is 23.1 Å². The third kappa shape index (κ3) is 5.44. The lowest BCUT2D eigenvalue weighted by atomic mass is 10.3. The molecule has 0 radical (unpaired) electrons. The van der Waals surface area contributed by atoms with Gasteiger partial charge in [-0.2, -0.15) is 0 Å². The molecular weight excluding hydrogens is 312 g/mol. The Labute approximate surface area is 140 Å². The molecule has 0 unspecified atom stereocenters. The van der Waals surface area contributed by atoms with Crippen LogP contribution in [0.3, 0.4) is 0 Å². The number of fused-ring (bicyclic) bond motifs is 1. The number of thiophene rings is 1. The lowest BCUT2D eigenvalue weighted by Gasteiger charge is -2.09. The van der Waals surface area contributed by atoms with Gasteiger partial charge in [0.2, 0.25) is 5.91 Å². The summed E-state index contributed by atoms with van der Waals surface area (Å²) in [5, 5.41) is 6.94. The third-order valence-electron chi connectivity index (χ3n) is 3.24. The summed E-state index contributed by atoms with van der Waals surface area (Å²) in [7, 11) is 0. The minimum absolute atomic E-state index is 0.0488. The average Bonchev–Trinajstić information content (AvgIpc) is 2.96. The molecule has 126 valence electrons. The normalized spacial score (nSPS) is 11.1. The van der Waals surface area contributed by atoms with Gasteiger partial charge in [-0.05, 0) is 32.8 Å². The highest BCUT2D eigenvalue weighted by atomic mass is 32.1. The van der Waals surface area contributed by atoms with E-state index in [1.807, 2.05) is 13.8 Å². The van der Waals surface area contributed by atoms with Crippen LogP contribution in [0.5, 0.6) is 0 Å². The van der Waals surface area contributed by atoms with E-state index in [0.29, 0.717) is 19.0 Å². The van der Waals surface area contributed by atoms with Crippen molar-refractivity contribution in [2.75, 3.05) is 25.0 Å². The Morgan fingerprint density at radius 1 is 1.39 bits per heavy atom. The van der Waals surface area contributed by atoms with Crippen molar-refractivity contribution in [3.05, 3.63) is 17.3 Å². The molecule has 2 heterocycles. The van der Waals surface area contributed by atoms with Crippen LogP contribution in [0.2, 0.25) is 0 Å². The Kier molecular flexibility index (Phi) is 6.73. The highest BCUT2D eigenvalue weighted by Gasteiger charge is 2.09. The van der Waals surface area contributed by atoms with Gasteiger partial charge >= 0.3 is 0 Å². The molecule has 2 aromatic heterocycles. The number of anilines is 1. The second-order valence-corrected chi connectivity index (χ2v) is 6.60. The summed E-state index contributed by atoms with van der Waals surface area (Å²) in [5.41, 5.74) is 0. The van der Waals surface area contributed by atoms with Crippen molar-refractivity contribution >= 4 is 33.3 Å². The van der Waals surface area contributed by atoms with Crippen molar-refractivity contribution in [2.24, 2.45) is 0 Å². The standard InChI is InChI=1S/C16H24N4O2S/c1-4-12-8-13-15(19-10-20-16(13)23-12)18-9-14(21)17-6-5-7-22-11(2)3/h8,10-11H,4-7,9H2,1-3H3,(H,17,21)(H,18,19,20). The van der Waals surface area contributed by atoms with Gasteiger partial charge < -0.3 is 15.4 Å². The molecule has 23 heavy (non-hydrogen) atoms. The third-order valence-corrected chi connectivity index (χ3v) is 4.43. The maximum atomic E-state index is 11.9. The summed E-state index contributed by atoms with van der Waals surface area (Å²) >= 11 is 1.66. The topological polar surface area (TPSA) is 76.1 Å². The van der Waals surface area contributed by atoms with Gasteiger partial charge in [0.25, 0.3) is 0 Å². The zero-order chi connectivity index (χ0) is 16.7. The summed E-state index contributed by atoms with van der Waals surface area (Å²) < 4.78 is 5.43. The molecule has 0 saturated carbocycles. The highest BCUT2D eigenvalue weighted by Crippen LogP contribution is 2.28. The lowest BCUT2D eigenvalue weighted by Crippen LogP contribution is -2.31. The molecule has 0 saturated heterocycles. The molecule has 0 spiro atoms. The maximum Gasteiger partial charge on any atom is 0.239 e. The van der Waals surface area contributed by atoms with E-state index in [4.69, 9.17) is 4.74 Å². The van der Waals surface area contributed by atoms with E-state index in [-0.39, 0.29) is 18.6 Å². The van der Waals surface area contributed by atoms with Crippen molar-refractivity contribution in [3.8, 4) is 0 Å². The first-order chi connectivity index (χ1) is 11.1. The van der Waals surface area contributed by atoms with Crippen LogP contribution in [-0.4, -0.2) is 41.7 Å². The second kappa shape index (κ2) is 8.79. The summed E-state index contributed by atoms with van der Waals surface area (Å²) in [5.74, 6) is 0.663. The van der Waals surface area contributed by atoms with E-state index < -0.39 is 0 Å². The second-order valence-electron chi connectivity index (χ2n) is 5.48. The van der Waals surface area contributed by atoms with Crippen LogP contribution in [0.4, 0.5) is 5.82 Å². The number of carbonyl (C=O) groups is 1. The van der Waals surface area contributed by atoms with Crippen LogP contribution in [0, 0.1) is 0 Å². The first kappa shape index (κ1) is 17.6. The maximum absolute atomic E-state index is 11.9. The number of hydrogen-bond acceptors (Lipinski definition) is 6. The molecule has 7 heteroatoms. The average molecular weight is 336 g/mol. The predicted molar refractivity (Wildman–Crippen MR) is 94.0 cm³/mol. The van der Waals surface area contributed by atoms with E-state index in [1.54, 1.807) is 11.3 Å². The molecule has 0 fully saturated rings.